The lowest BCUT2D eigenvalue weighted by molar-refractivity contribution is -0.133. The molecule has 0 spiro atoms. The van der Waals surface area contributed by atoms with Crippen LogP contribution in [0.25, 0.3) is 0 Å². The molecular formula is C17H22N4O2. The molecule has 1 atom stereocenters. The third-order valence-electron chi connectivity index (χ3n) is 4.39. The Kier molecular flexibility index (Phi) is 4.71. The molecule has 1 N–H and O–H groups in total. The van der Waals surface area contributed by atoms with Crippen LogP contribution in [0.15, 0.2) is 36.5 Å². The average Bonchev–Trinajstić information content (AvgIpc) is 3.04. The van der Waals surface area contributed by atoms with Gasteiger partial charge >= 0.3 is 0 Å². The van der Waals surface area contributed by atoms with Gasteiger partial charge in [0.05, 0.1) is 6.20 Å². The van der Waals surface area contributed by atoms with Gasteiger partial charge in [0.2, 0.25) is 5.91 Å². The first kappa shape index (κ1) is 15.7. The number of nitrogens with zero attached hydrogens (tertiary/aromatic N) is 4. The number of carbonyl (C=O) groups is 1. The predicted molar refractivity (Wildman–Crippen MR) is 85.5 cm³/mol. The number of benzene rings is 1. The third-order valence-corrected chi connectivity index (χ3v) is 4.39. The van der Waals surface area contributed by atoms with Crippen LogP contribution < -0.4 is 0 Å². The maximum atomic E-state index is 12.3. The number of aromatic nitrogens is 3. The van der Waals surface area contributed by atoms with Crippen molar-refractivity contribution in [3.63, 3.8) is 0 Å². The minimum atomic E-state index is -0.823. The molecule has 1 aliphatic heterocycles. The molecule has 0 radical (unpaired) electrons. The van der Waals surface area contributed by atoms with Gasteiger partial charge in [-0.1, -0.05) is 42.5 Å². The van der Waals surface area contributed by atoms with Crippen molar-refractivity contribution in [3.8, 4) is 0 Å². The van der Waals surface area contributed by atoms with Crippen molar-refractivity contribution in [1.82, 2.24) is 19.9 Å². The molecule has 6 heteroatoms. The largest absolute Gasteiger partial charge is 0.382 e. The molecule has 23 heavy (non-hydrogen) atoms. The van der Waals surface area contributed by atoms with E-state index in [-0.39, 0.29) is 12.5 Å². The molecule has 0 aliphatic carbocycles. The minimum absolute atomic E-state index is 0.0579. The number of hydrogen-bond donors (Lipinski definition) is 1. The lowest BCUT2D eigenvalue weighted by atomic mass is 9.99. The van der Waals surface area contributed by atoms with Crippen LogP contribution in [-0.2, 0) is 11.3 Å². The normalized spacial score (nSPS) is 17.2. The zero-order valence-corrected chi connectivity index (χ0v) is 13.3. The van der Waals surface area contributed by atoms with Crippen LogP contribution in [0.1, 0.15) is 37.1 Å². The second-order valence-corrected chi connectivity index (χ2v) is 6.22. The lowest BCUT2D eigenvalue weighted by Gasteiger charge is -2.30. The monoisotopic (exact) mass is 314 g/mol. The van der Waals surface area contributed by atoms with E-state index >= 15 is 0 Å². The number of likely N-dealkylation sites (tertiary alicyclic amines) is 1. The van der Waals surface area contributed by atoms with Crippen LogP contribution >= 0.6 is 0 Å². The van der Waals surface area contributed by atoms with Gasteiger partial charge < -0.3 is 10.0 Å². The summed E-state index contributed by atoms with van der Waals surface area (Å²) in [5.74, 6) is 0.751. The molecule has 0 saturated carbocycles. The van der Waals surface area contributed by atoms with E-state index in [4.69, 9.17) is 0 Å². The fourth-order valence-corrected chi connectivity index (χ4v) is 2.82. The Morgan fingerprint density at radius 1 is 1.30 bits per heavy atom. The van der Waals surface area contributed by atoms with E-state index in [2.05, 4.69) is 17.2 Å². The molecule has 1 unspecified atom stereocenters. The van der Waals surface area contributed by atoms with Gasteiger partial charge in [-0.15, -0.1) is 5.10 Å². The smallest absolute Gasteiger partial charge is 0.244 e. The summed E-state index contributed by atoms with van der Waals surface area (Å²) in [5, 5.41) is 18.3. The van der Waals surface area contributed by atoms with Crippen molar-refractivity contribution in [3.05, 3.63) is 47.8 Å². The van der Waals surface area contributed by atoms with Crippen molar-refractivity contribution in [2.75, 3.05) is 13.1 Å². The van der Waals surface area contributed by atoms with E-state index in [0.717, 1.165) is 31.5 Å². The lowest BCUT2D eigenvalue weighted by Crippen LogP contribution is -2.39. The third kappa shape index (κ3) is 3.76. The van der Waals surface area contributed by atoms with E-state index in [0.29, 0.717) is 11.6 Å². The number of hydrogen-bond acceptors (Lipinski definition) is 4. The van der Waals surface area contributed by atoms with Crippen molar-refractivity contribution in [1.29, 1.82) is 0 Å². The summed E-state index contributed by atoms with van der Waals surface area (Å²) in [6, 6.07) is 9.30. The molecule has 6 nitrogen and oxygen atoms in total. The van der Waals surface area contributed by atoms with E-state index in [9.17, 15) is 9.90 Å². The highest BCUT2D eigenvalue weighted by Gasteiger charge is 2.21. The van der Waals surface area contributed by atoms with Gasteiger partial charge in [0.25, 0.3) is 0 Å². The summed E-state index contributed by atoms with van der Waals surface area (Å²) in [6.45, 7) is 4.02. The number of carbonyl (C=O) groups excluding carboxylic acids is 1. The molecule has 122 valence electrons. The molecule has 2 aromatic rings. The van der Waals surface area contributed by atoms with Crippen molar-refractivity contribution in [2.45, 2.75) is 32.4 Å². The first-order valence-electron chi connectivity index (χ1n) is 8.04. The Hall–Kier alpha value is -2.21. The maximum absolute atomic E-state index is 12.3. The minimum Gasteiger partial charge on any atom is -0.382 e. The van der Waals surface area contributed by atoms with Crippen LogP contribution in [0.2, 0.25) is 0 Å². The van der Waals surface area contributed by atoms with Gasteiger partial charge in [-0.05, 0) is 24.3 Å². The Morgan fingerprint density at radius 2 is 2.00 bits per heavy atom. The van der Waals surface area contributed by atoms with Gasteiger partial charge in [0.15, 0.2) is 0 Å². The Bertz CT molecular complexity index is 648. The Morgan fingerprint density at radius 3 is 2.70 bits per heavy atom. The van der Waals surface area contributed by atoms with Crippen LogP contribution in [0.5, 0.6) is 0 Å². The van der Waals surface area contributed by atoms with Gasteiger partial charge in [-0.3, -0.25) is 4.79 Å². The molecule has 0 bridgehead atoms. The molecule has 1 aromatic carbocycles. The van der Waals surface area contributed by atoms with E-state index < -0.39 is 6.10 Å². The van der Waals surface area contributed by atoms with Gasteiger partial charge in [0.1, 0.15) is 18.3 Å². The van der Waals surface area contributed by atoms with Gasteiger partial charge in [-0.2, -0.15) is 0 Å². The van der Waals surface area contributed by atoms with Gasteiger partial charge in [-0.25, -0.2) is 4.68 Å². The standard InChI is InChI=1S/C17H22N4O2/c1-13-7-9-20(10-8-13)16(22)12-21-11-15(18-19-21)17(23)14-5-3-2-4-6-14/h2-6,11,13,17,23H,7-10,12H2,1H3. The number of amides is 1. The molecule has 1 aliphatic rings. The van der Waals surface area contributed by atoms with E-state index in [1.54, 1.807) is 6.20 Å². The summed E-state index contributed by atoms with van der Waals surface area (Å²) in [5.41, 5.74) is 1.21. The SMILES string of the molecule is CC1CCN(C(=O)Cn2cc(C(O)c3ccccc3)nn2)CC1. The zero-order valence-electron chi connectivity index (χ0n) is 13.3. The number of rotatable bonds is 4. The van der Waals surface area contributed by atoms with Crippen molar-refractivity contribution >= 4 is 5.91 Å². The topological polar surface area (TPSA) is 71.2 Å². The van der Waals surface area contributed by atoms with Crippen molar-refractivity contribution in [2.24, 2.45) is 5.92 Å². The molecule has 1 fully saturated rings. The quantitative estimate of drug-likeness (QED) is 0.931. The molecule has 1 aromatic heterocycles. The highest BCUT2D eigenvalue weighted by atomic mass is 16.3. The van der Waals surface area contributed by atoms with Gasteiger partial charge in [0, 0.05) is 13.1 Å². The van der Waals surface area contributed by atoms with Crippen LogP contribution in [0.4, 0.5) is 0 Å². The molecular weight excluding hydrogens is 292 g/mol. The highest BCUT2D eigenvalue weighted by molar-refractivity contribution is 5.75. The van der Waals surface area contributed by atoms with Crippen LogP contribution in [0.3, 0.4) is 0 Å². The molecule has 1 saturated heterocycles. The Labute approximate surface area is 135 Å². The number of piperidine rings is 1. The van der Waals surface area contributed by atoms with Crippen LogP contribution in [-0.4, -0.2) is 44.0 Å². The zero-order chi connectivity index (χ0) is 16.2. The molecule has 1 amide bonds. The second kappa shape index (κ2) is 6.91. The Balaban J connectivity index is 1.62. The summed E-state index contributed by atoms with van der Waals surface area (Å²) >= 11 is 0. The fraction of sp³-hybridized carbons (Fsp3) is 0.471. The summed E-state index contributed by atoms with van der Waals surface area (Å²) in [4.78, 5) is 14.2. The highest BCUT2D eigenvalue weighted by Crippen LogP contribution is 2.19. The summed E-state index contributed by atoms with van der Waals surface area (Å²) in [6.07, 6.45) is 2.93. The summed E-state index contributed by atoms with van der Waals surface area (Å²) in [7, 11) is 0. The number of aliphatic hydroxyl groups is 1. The average molecular weight is 314 g/mol. The maximum Gasteiger partial charge on any atom is 0.244 e. The predicted octanol–water partition coefficient (Wildman–Crippen LogP) is 1.62. The second-order valence-electron chi connectivity index (χ2n) is 6.22. The summed E-state index contributed by atoms with van der Waals surface area (Å²) < 4.78 is 1.50. The van der Waals surface area contributed by atoms with Crippen molar-refractivity contribution < 1.29 is 9.90 Å². The number of aliphatic hydroxyl groups excluding tert-OH is 1. The molecule has 3 rings (SSSR count). The first-order valence-corrected chi connectivity index (χ1v) is 8.04. The molecule has 2 heterocycles. The fourth-order valence-electron chi connectivity index (χ4n) is 2.82. The van der Waals surface area contributed by atoms with E-state index in [1.165, 1.54) is 4.68 Å². The van der Waals surface area contributed by atoms with Crippen LogP contribution in [0, 0.1) is 5.92 Å². The first-order chi connectivity index (χ1) is 11.1. The van der Waals surface area contributed by atoms with E-state index in [1.807, 2.05) is 35.2 Å².